The second-order valence-electron chi connectivity index (χ2n) is 9.14. The Morgan fingerprint density at radius 2 is 2.03 bits per heavy atom. The highest BCUT2D eigenvalue weighted by atomic mass is 32.1. The summed E-state index contributed by atoms with van der Waals surface area (Å²) in [5.74, 6) is 2.52. The number of amides is 1. The second kappa shape index (κ2) is 9.40. The van der Waals surface area contributed by atoms with E-state index in [0.29, 0.717) is 12.6 Å². The maximum Gasteiger partial charge on any atom is 0.264 e. The second-order valence-corrected chi connectivity index (χ2v) is 10.1. The lowest BCUT2D eigenvalue weighted by Crippen LogP contribution is -2.50. The van der Waals surface area contributed by atoms with E-state index in [4.69, 9.17) is 4.42 Å². The molecule has 3 aromatic rings. The topological polar surface area (TPSA) is 94.7 Å². The molecule has 2 N–H and O–H groups in total. The molecular formula is C24H31N5O3S. The van der Waals surface area contributed by atoms with Gasteiger partial charge in [-0.2, -0.15) is 0 Å². The van der Waals surface area contributed by atoms with Crippen molar-refractivity contribution in [2.75, 3.05) is 31.5 Å². The molecule has 0 spiro atoms. The molecule has 9 heteroatoms. The van der Waals surface area contributed by atoms with Crippen LogP contribution in [-0.4, -0.2) is 69.1 Å². The highest BCUT2D eigenvalue weighted by molar-refractivity contribution is 7.20. The number of aryl methyl sites for hydroxylation is 2. The van der Waals surface area contributed by atoms with E-state index < -0.39 is 0 Å². The fraction of sp³-hybridized carbons (Fsp3) is 0.542. The summed E-state index contributed by atoms with van der Waals surface area (Å²) in [5, 5.41) is 14.3. The normalized spacial score (nSPS) is 20.5. The van der Waals surface area contributed by atoms with Gasteiger partial charge in [0.1, 0.15) is 28.5 Å². The molecular weight excluding hydrogens is 438 g/mol. The maximum atomic E-state index is 13.4. The first-order chi connectivity index (χ1) is 16.0. The Balaban J connectivity index is 1.28. The summed E-state index contributed by atoms with van der Waals surface area (Å²) in [6, 6.07) is 4.35. The lowest BCUT2D eigenvalue weighted by atomic mass is 9.98. The van der Waals surface area contributed by atoms with Crippen LogP contribution < -0.4 is 5.32 Å². The summed E-state index contributed by atoms with van der Waals surface area (Å²) >= 11 is 1.45. The number of nitrogens with zero attached hydrogens (tertiary/aromatic N) is 4. The van der Waals surface area contributed by atoms with E-state index >= 15 is 0 Å². The molecule has 0 aromatic carbocycles. The number of likely N-dealkylation sites (tertiary alicyclic amines) is 2. The highest BCUT2D eigenvalue weighted by Gasteiger charge is 2.31. The molecule has 5 rings (SSSR count). The van der Waals surface area contributed by atoms with Crippen molar-refractivity contribution in [2.24, 2.45) is 0 Å². The molecule has 8 nitrogen and oxygen atoms in total. The number of furan rings is 1. The van der Waals surface area contributed by atoms with Gasteiger partial charge in [0, 0.05) is 25.7 Å². The largest absolute Gasteiger partial charge is 0.465 e. The van der Waals surface area contributed by atoms with Gasteiger partial charge in [0.25, 0.3) is 5.91 Å². The standard InChI is InChI=1S/C24H31N5O3S/c1-15-5-6-19(32-15)12-25-22-20-16(2)21(33-23(20)27-14-26-22)24(31)28-10-7-17(8-11-28)29-9-3-4-18(30)13-29/h5-6,14,17-18,30H,3-4,7-13H2,1-2H3,(H,25,26,27). The fourth-order valence-corrected chi connectivity index (χ4v) is 6.17. The van der Waals surface area contributed by atoms with Gasteiger partial charge >= 0.3 is 0 Å². The van der Waals surface area contributed by atoms with Crippen molar-refractivity contribution in [1.82, 2.24) is 19.8 Å². The van der Waals surface area contributed by atoms with Crippen LogP contribution in [0.4, 0.5) is 5.82 Å². The lowest BCUT2D eigenvalue weighted by Gasteiger charge is -2.41. The van der Waals surface area contributed by atoms with Gasteiger partial charge < -0.3 is 19.7 Å². The third-order valence-electron chi connectivity index (χ3n) is 6.84. The summed E-state index contributed by atoms with van der Waals surface area (Å²) < 4.78 is 5.65. The van der Waals surface area contributed by atoms with Gasteiger partial charge in [0.15, 0.2) is 0 Å². The van der Waals surface area contributed by atoms with Gasteiger partial charge in [-0.25, -0.2) is 9.97 Å². The third-order valence-corrected chi connectivity index (χ3v) is 8.03. The van der Waals surface area contributed by atoms with E-state index in [9.17, 15) is 9.90 Å². The van der Waals surface area contributed by atoms with Gasteiger partial charge in [0.05, 0.1) is 22.9 Å². The van der Waals surface area contributed by atoms with Crippen molar-refractivity contribution in [3.8, 4) is 0 Å². The Hall–Kier alpha value is -2.49. The summed E-state index contributed by atoms with van der Waals surface area (Å²) in [6.45, 7) is 7.75. The molecule has 0 aliphatic carbocycles. The molecule has 0 radical (unpaired) electrons. The summed E-state index contributed by atoms with van der Waals surface area (Å²) in [5.41, 5.74) is 0.931. The quantitative estimate of drug-likeness (QED) is 0.590. The predicted octanol–water partition coefficient (Wildman–Crippen LogP) is 3.57. The van der Waals surface area contributed by atoms with Crippen LogP contribution in [0.2, 0.25) is 0 Å². The number of hydrogen-bond acceptors (Lipinski definition) is 8. The van der Waals surface area contributed by atoms with Crippen molar-refractivity contribution in [2.45, 2.75) is 58.2 Å². The first-order valence-electron chi connectivity index (χ1n) is 11.7. The van der Waals surface area contributed by atoms with Crippen molar-refractivity contribution in [3.05, 3.63) is 40.4 Å². The van der Waals surface area contributed by atoms with Crippen LogP contribution >= 0.6 is 11.3 Å². The van der Waals surface area contributed by atoms with Crippen LogP contribution in [0.25, 0.3) is 10.2 Å². The number of rotatable bonds is 5. The molecule has 1 amide bonds. The smallest absolute Gasteiger partial charge is 0.264 e. The van der Waals surface area contributed by atoms with Crippen molar-refractivity contribution < 1.29 is 14.3 Å². The highest BCUT2D eigenvalue weighted by Crippen LogP contribution is 2.35. The average Bonchev–Trinajstić information content (AvgIpc) is 3.40. The lowest BCUT2D eigenvalue weighted by molar-refractivity contribution is 0.0241. The van der Waals surface area contributed by atoms with Crippen LogP contribution in [-0.2, 0) is 6.54 Å². The average molecular weight is 470 g/mol. The molecule has 2 saturated heterocycles. The van der Waals surface area contributed by atoms with Gasteiger partial charge in [-0.3, -0.25) is 9.69 Å². The van der Waals surface area contributed by atoms with Crippen LogP contribution in [0.3, 0.4) is 0 Å². The van der Waals surface area contributed by atoms with Crippen LogP contribution in [0.5, 0.6) is 0 Å². The SMILES string of the molecule is Cc1ccc(CNc2ncnc3sc(C(=O)N4CCC(N5CCCC(O)C5)CC4)c(C)c23)o1. The first-order valence-corrected chi connectivity index (χ1v) is 12.6. The number of nitrogens with one attached hydrogen (secondary N) is 1. The van der Waals surface area contributed by atoms with E-state index in [-0.39, 0.29) is 12.0 Å². The Labute approximate surface area is 197 Å². The van der Waals surface area contributed by atoms with Crippen molar-refractivity contribution in [1.29, 1.82) is 0 Å². The minimum atomic E-state index is -0.208. The molecule has 176 valence electrons. The number of fused-ring (bicyclic) bond motifs is 1. The predicted molar refractivity (Wildman–Crippen MR) is 129 cm³/mol. The van der Waals surface area contributed by atoms with E-state index in [1.807, 2.05) is 30.9 Å². The molecule has 5 heterocycles. The number of thiophene rings is 1. The van der Waals surface area contributed by atoms with Crippen molar-refractivity contribution in [3.63, 3.8) is 0 Å². The Kier molecular flexibility index (Phi) is 6.36. The minimum absolute atomic E-state index is 0.0836. The number of aromatic nitrogens is 2. The van der Waals surface area contributed by atoms with Crippen molar-refractivity contribution >= 4 is 33.3 Å². The Morgan fingerprint density at radius 3 is 2.76 bits per heavy atom. The number of anilines is 1. The number of aliphatic hydroxyl groups excluding tert-OH is 1. The number of β-amino-alcohol motifs (C(OH)–C–C–N with tert-alkyl or cyclic N) is 1. The molecule has 3 aromatic heterocycles. The van der Waals surface area contributed by atoms with Gasteiger partial charge in [-0.1, -0.05) is 0 Å². The third kappa shape index (κ3) is 4.62. The summed E-state index contributed by atoms with van der Waals surface area (Å²) in [7, 11) is 0. The van der Waals surface area contributed by atoms with Crippen LogP contribution in [0.15, 0.2) is 22.9 Å². The number of carbonyl (C=O) groups excluding carboxylic acids is 1. The monoisotopic (exact) mass is 469 g/mol. The van der Waals surface area contributed by atoms with E-state index in [1.165, 1.54) is 11.3 Å². The zero-order valence-corrected chi connectivity index (χ0v) is 20.0. The minimum Gasteiger partial charge on any atom is -0.465 e. The summed E-state index contributed by atoms with van der Waals surface area (Å²) in [4.78, 5) is 28.2. The zero-order valence-electron chi connectivity index (χ0n) is 19.2. The first kappa shape index (κ1) is 22.3. The van der Waals surface area contributed by atoms with E-state index in [2.05, 4.69) is 20.2 Å². The summed E-state index contributed by atoms with van der Waals surface area (Å²) in [6.07, 6.45) is 5.20. The molecule has 0 saturated carbocycles. The van der Waals surface area contributed by atoms with Crippen LogP contribution in [0, 0.1) is 13.8 Å². The zero-order chi connectivity index (χ0) is 22.9. The van der Waals surface area contributed by atoms with Crippen LogP contribution in [0.1, 0.15) is 52.4 Å². The molecule has 33 heavy (non-hydrogen) atoms. The molecule has 2 fully saturated rings. The number of aliphatic hydroxyl groups is 1. The van der Waals surface area contributed by atoms with Gasteiger partial charge in [-0.05, 0) is 63.8 Å². The number of piperidine rings is 2. The fourth-order valence-electron chi connectivity index (χ4n) is 5.05. The van der Waals surface area contributed by atoms with E-state index in [0.717, 1.165) is 89.9 Å². The van der Waals surface area contributed by atoms with Gasteiger partial charge in [-0.15, -0.1) is 11.3 Å². The number of carbonyl (C=O) groups is 1. The van der Waals surface area contributed by atoms with E-state index in [1.54, 1.807) is 6.33 Å². The molecule has 0 bridgehead atoms. The molecule has 2 aliphatic rings. The molecule has 1 unspecified atom stereocenters. The Bertz CT molecular complexity index is 1130. The number of hydrogen-bond donors (Lipinski definition) is 2. The molecule has 1 atom stereocenters. The molecule has 2 aliphatic heterocycles. The Morgan fingerprint density at radius 1 is 1.21 bits per heavy atom. The van der Waals surface area contributed by atoms with Gasteiger partial charge in [0.2, 0.25) is 0 Å². The maximum absolute atomic E-state index is 13.4.